The summed E-state index contributed by atoms with van der Waals surface area (Å²) in [6, 6.07) is 10.2. The highest BCUT2D eigenvalue weighted by molar-refractivity contribution is 7.18. The molecule has 0 saturated carbocycles. The normalized spacial score (nSPS) is 11.0. The van der Waals surface area contributed by atoms with Gasteiger partial charge in [0.25, 0.3) is 5.56 Å². The van der Waals surface area contributed by atoms with Crippen LogP contribution in [0.3, 0.4) is 0 Å². The van der Waals surface area contributed by atoms with Gasteiger partial charge < -0.3 is 5.32 Å². The number of carbonyl (C=O) groups is 1. The molecule has 1 aromatic carbocycles. The van der Waals surface area contributed by atoms with Gasteiger partial charge in [0.15, 0.2) is 0 Å². The molecule has 5 nitrogen and oxygen atoms in total. The first-order chi connectivity index (χ1) is 13.6. The average Bonchev–Trinajstić information content (AvgIpc) is 3.33. The molecular formula is C20H16FN3O2S2. The predicted octanol–water partition coefficient (Wildman–Crippen LogP) is 3.68. The van der Waals surface area contributed by atoms with Crippen molar-refractivity contribution in [1.82, 2.24) is 14.9 Å². The topological polar surface area (TPSA) is 64.0 Å². The third-order valence-corrected chi connectivity index (χ3v) is 6.08. The molecule has 0 fully saturated rings. The van der Waals surface area contributed by atoms with Gasteiger partial charge in [0, 0.05) is 22.4 Å². The minimum atomic E-state index is -0.299. The van der Waals surface area contributed by atoms with Gasteiger partial charge in [-0.05, 0) is 35.6 Å². The van der Waals surface area contributed by atoms with Crippen LogP contribution in [0, 0.1) is 5.82 Å². The van der Waals surface area contributed by atoms with E-state index in [9.17, 15) is 14.0 Å². The van der Waals surface area contributed by atoms with Crippen molar-refractivity contribution in [3.63, 3.8) is 0 Å². The summed E-state index contributed by atoms with van der Waals surface area (Å²) in [5, 5.41) is 7.19. The van der Waals surface area contributed by atoms with Crippen molar-refractivity contribution in [3.05, 3.63) is 75.2 Å². The van der Waals surface area contributed by atoms with E-state index >= 15 is 0 Å². The molecule has 0 unspecified atom stereocenters. The van der Waals surface area contributed by atoms with Gasteiger partial charge in [0.1, 0.15) is 17.2 Å². The van der Waals surface area contributed by atoms with E-state index in [0.29, 0.717) is 23.2 Å². The van der Waals surface area contributed by atoms with Crippen LogP contribution >= 0.6 is 22.7 Å². The van der Waals surface area contributed by atoms with Crippen molar-refractivity contribution >= 4 is 38.8 Å². The van der Waals surface area contributed by atoms with Gasteiger partial charge >= 0.3 is 0 Å². The molecule has 0 aliphatic heterocycles. The van der Waals surface area contributed by atoms with Crippen LogP contribution in [0.2, 0.25) is 0 Å². The Morgan fingerprint density at radius 3 is 2.89 bits per heavy atom. The fourth-order valence-corrected chi connectivity index (χ4v) is 4.66. The summed E-state index contributed by atoms with van der Waals surface area (Å²) in [6.45, 7) is 0.260. The molecule has 0 atom stereocenters. The van der Waals surface area contributed by atoms with Crippen molar-refractivity contribution in [3.8, 4) is 10.4 Å². The van der Waals surface area contributed by atoms with Gasteiger partial charge in [0.05, 0.1) is 11.7 Å². The number of amides is 1. The van der Waals surface area contributed by atoms with Crippen molar-refractivity contribution < 1.29 is 9.18 Å². The highest BCUT2D eigenvalue weighted by atomic mass is 32.1. The van der Waals surface area contributed by atoms with Crippen molar-refractivity contribution in [1.29, 1.82) is 0 Å². The predicted molar refractivity (Wildman–Crippen MR) is 110 cm³/mol. The number of fused-ring (bicyclic) bond motifs is 1. The molecule has 142 valence electrons. The maximum Gasteiger partial charge on any atom is 0.263 e. The zero-order valence-corrected chi connectivity index (χ0v) is 16.4. The first-order valence-corrected chi connectivity index (χ1v) is 10.4. The molecular weight excluding hydrogens is 397 g/mol. The third kappa shape index (κ3) is 3.88. The molecule has 0 aliphatic rings. The molecule has 3 aromatic heterocycles. The first kappa shape index (κ1) is 18.5. The molecule has 8 heteroatoms. The van der Waals surface area contributed by atoms with Gasteiger partial charge in [-0.3, -0.25) is 14.2 Å². The van der Waals surface area contributed by atoms with E-state index in [1.165, 1.54) is 34.4 Å². The molecule has 0 bridgehead atoms. The van der Waals surface area contributed by atoms with Gasteiger partial charge in [-0.1, -0.05) is 18.2 Å². The van der Waals surface area contributed by atoms with E-state index in [1.54, 1.807) is 23.5 Å². The second-order valence-electron chi connectivity index (χ2n) is 6.21. The number of carbonyl (C=O) groups excluding carboxylic acids is 1. The fourth-order valence-electron chi connectivity index (χ4n) is 2.94. The van der Waals surface area contributed by atoms with Gasteiger partial charge in [0.2, 0.25) is 5.91 Å². The molecule has 28 heavy (non-hydrogen) atoms. The first-order valence-electron chi connectivity index (χ1n) is 8.63. The molecule has 3 heterocycles. The summed E-state index contributed by atoms with van der Waals surface area (Å²) in [7, 11) is 0. The zero-order chi connectivity index (χ0) is 19.5. The standard InChI is InChI=1S/C20H16FN3O2S2/c21-14-4-1-3-13(9-14)6-7-22-17(25)10-24-12-23-19-18(20(24)26)15(11-28-19)16-5-2-8-27-16/h1-5,8-9,11-12H,6-7,10H2,(H,22,25). The third-order valence-electron chi connectivity index (χ3n) is 4.29. The Bertz CT molecular complexity index is 1180. The number of nitrogens with one attached hydrogen (secondary N) is 1. The van der Waals surface area contributed by atoms with Crippen LogP contribution in [0.15, 0.2) is 58.3 Å². The Hall–Kier alpha value is -2.84. The Balaban J connectivity index is 1.47. The number of rotatable bonds is 6. The van der Waals surface area contributed by atoms with E-state index in [0.717, 1.165) is 16.0 Å². The summed E-state index contributed by atoms with van der Waals surface area (Å²) in [5.41, 5.74) is 1.43. The van der Waals surface area contributed by atoms with Crippen LogP contribution in [-0.4, -0.2) is 22.0 Å². The van der Waals surface area contributed by atoms with E-state index < -0.39 is 0 Å². The maximum atomic E-state index is 13.2. The summed E-state index contributed by atoms with van der Waals surface area (Å²) < 4.78 is 14.5. The number of nitrogens with zero attached hydrogens (tertiary/aromatic N) is 2. The van der Waals surface area contributed by atoms with Crippen LogP contribution in [0.1, 0.15) is 5.56 Å². The van der Waals surface area contributed by atoms with Crippen LogP contribution < -0.4 is 10.9 Å². The highest BCUT2D eigenvalue weighted by Gasteiger charge is 2.15. The van der Waals surface area contributed by atoms with Gasteiger partial charge in [-0.25, -0.2) is 9.37 Å². The Kier molecular flexibility index (Phi) is 5.31. The summed E-state index contributed by atoms with van der Waals surface area (Å²) in [4.78, 5) is 31.1. The monoisotopic (exact) mass is 413 g/mol. The minimum absolute atomic E-state index is 0.106. The zero-order valence-electron chi connectivity index (χ0n) is 14.7. The molecule has 0 aliphatic carbocycles. The van der Waals surface area contributed by atoms with E-state index in [1.807, 2.05) is 22.9 Å². The summed E-state index contributed by atoms with van der Waals surface area (Å²) >= 11 is 2.98. The highest BCUT2D eigenvalue weighted by Crippen LogP contribution is 2.33. The molecule has 4 rings (SSSR count). The van der Waals surface area contributed by atoms with Crippen molar-refractivity contribution in [2.24, 2.45) is 0 Å². The number of aromatic nitrogens is 2. The number of halogens is 1. The minimum Gasteiger partial charge on any atom is -0.354 e. The van der Waals surface area contributed by atoms with E-state index in [2.05, 4.69) is 10.3 Å². The molecule has 4 aromatic rings. The van der Waals surface area contributed by atoms with Crippen LogP contribution in [0.4, 0.5) is 4.39 Å². The number of thiophene rings is 2. The molecule has 1 N–H and O–H groups in total. The van der Waals surface area contributed by atoms with Gasteiger partial charge in [-0.2, -0.15) is 0 Å². The Labute approximate surface area is 168 Å². The molecule has 0 spiro atoms. The summed E-state index contributed by atoms with van der Waals surface area (Å²) in [6.07, 6.45) is 1.92. The summed E-state index contributed by atoms with van der Waals surface area (Å²) in [5.74, 6) is -0.584. The maximum absolute atomic E-state index is 13.2. The molecule has 0 radical (unpaired) electrons. The Morgan fingerprint density at radius 2 is 2.11 bits per heavy atom. The van der Waals surface area contributed by atoms with Crippen LogP contribution in [0.25, 0.3) is 20.7 Å². The lowest BCUT2D eigenvalue weighted by Crippen LogP contribution is -2.33. The number of hydrogen-bond acceptors (Lipinski definition) is 5. The van der Waals surface area contributed by atoms with Crippen LogP contribution in [-0.2, 0) is 17.8 Å². The van der Waals surface area contributed by atoms with Crippen molar-refractivity contribution in [2.75, 3.05) is 6.54 Å². The Morgan fingerprint density at radius 1 is 1.21 bits per heavy atom. The number of benzene rings is 1. The SMILES string of the molecule is O=C(Cn1cnc2scc(-c3cccs3)c2c1=O)NCCc1cccc(F)c1. The van der Waals surface area contributed by atoms with Gasteiger partial charge in [-0.15, -0.1) is 22.7 Å². The smallest absolute Gasteiger partial charge is 0.263 e. The lowest BCUT2D eigenvalue weighted by molar-refractivity contribution is -0.121. The van der Waals surface area contributed by atoms with Crippen molar-refractivity contribution in [2.45, 2.75) is 13.0 Å². The largest absolute Gasteiger partial charge is 0.354 e. The lowest BCUT2D eigenvalue weighted by atomic mass is 10.1. The van der Waals surface area contributed by atoms with E-state index in [-0.39, 0.29) is 23.8 Å². The molecule has 0 saturated heterocycles. The molecule has 1 amide bonds. The second kappa shape index (κ2) is 8.04. The van der Waals surface area contributed by atoms with E-state index in [4.69, 9.17) is 0 Å². The van der Waals surface area contributed by atoms with Crippen LogP contribution in [0.5, 0.6) is 0 Å². The average molecular weight is 413 g/mol. The second-order valence-corrected chi connectivity index (χ2v) is 8.02. The lowest BCUT2D eigenvalue weighted by Gasteiger charge is -2.08. The quantitative estimate of drug-likeness (QED) is 0.524. The number of hydrogen-bond donors (Lipinski definition) is 1. The fraction of sp³-hybridized carbons (Fsp3) is 0.150.